The molecule has 6 atom stereocenters. The summed E-state index contributed by atoms with van der Waals surface area (Å²) in [5, 5.41) is 43.3. The van der Waals surface area contributed by atoms with Gasteiger partial charge in [-0.2, -0.15) is 0 Å². The predicted molar refractivity (Wildman–Crippen MR) is 134 cm³/mol. The average molecular weight is 492 g/mol. The minimum absolute atomic E-state index is 0.0629. The lowest BCUT2D eigenvalue weighted by Gasteiger charge is -2.33. The van der Waals surface area contributed by atoms with Crippen molar-refractivity contribution in [1.29, 1.82) is 0 Å². The lowest BCUT2D eigenvalue weighted by atomic mass is 9.90. The van der Waals surface area contributed by atoms with Crippen LogP contribution in [0.4, 0.5) is 0 Å². The quantitative estimate of drug-likeness (QED) is 0.437. The van der Waals surface area contributed by atoms with Crippen LogP contribution in [0.3, 0.4) is 0 Å². The Hall–Kier alpha value is -2.81. The molecule has 3 heterocycles. The van der Waals surface area contributed by atoms with Crippen LogP contribution in [0.15, 0.2) is 41.2 Å². The topological polar surface area (TPSA) is 111 Å². The fourth-order valence-corrected chi connectivity index (χ4v) is 7.41. The number of nitrogens with zero attached hydrogens (tertiary/aromatic N) is 3. The van der Waals surface area contributed by atoms with Crippen LogP contribution in [0.1, 0.15) is 54.7 Å². The number of piperidine rings is 1. The first-order valence-corrected chi connectivity index (χ1v) is 13.2. The maximum atomic E-state index is 12.7. The summed E-state index contributed by atoms with van der Waals surface area (Å²) in [6, 6.07) is 11.9. The Labute approximate surface area is 209 Å². The van der Waals surface area contributed by atoms with Gasteiger partial charge in [0.1, 0.15) is 0 Å². The van der Waals surface area contributed by atoms with E-state index in [4.69, 9.17) is 0 Å². The maximum absolute atomic E-state index is 12.7. The van der Waals surface area contributed by atoms with Gasteiger partial charge in [-0.05, 0) is 55.0 Å². The fourth-order valence-electron chi connectivity index (χ4n) is 7.41. The number of hydrogen-bond donors (Lipinski definition) is 4. The van der Waals surface area contributed by atoms with Crippen LogP contribution >= 0.6 is 0 Å². The molecule has 2 saturated carbocycles. The summed E-state index contributed by atoms with van der Waals surface area (Å²) < 4.78 is 3.57. The van der Waals surface area contributed by atoms with Crippen molar-refractivity contribution in [1.82, 2.24) is 14.0 Å². The summed E-state index contributed by atoms with van der Waals surface area (Å²) in [4.78, 5) is 15.2. The third-order valence-electron chi connectivity index (χ3n) is 9.45. The molecule has 0 radical (unpaired) electrons. The Morgan fingerprint density at radius 2 is 1.44 bits per heavy atom. The fraction of sp³-hybridized carbons (Fsp3) is 0.536. The van der Waals surface area contributed by atoms with Crippen molar-refractivity contribution in [3.63, 3.8) is 0 Å². The van der Waals surface area contributed by atoms with Gasteiger partial charge in [0.15, 0.2) is 11.8 Å². The highest BCUT2D eigenvalue weighted by molar-refractivity contribution is 5.78. The van der Waals surface area contributed by atoms with Crippen molar-refractivity contribution in [2.75, 3.05) is 19.6 Å². The number of aromatic nitrogens is 2. The second-order valence-electron chi connectivity index (χ2n) is 11.4. The molecule has 3 aliphatic carbocycles. The lowest BCUT2D eigenvalue weighted by molar-refractivity contribution is 0.0211. The smallest absolute Gasteiger partial charge is 0.251 e. The number of fused-ring (bicyclic) bond motifs is 6. The van der Waals surface area contributed by atoms with Crippen LogP contribution in [-0.4, -0.2) is 66.3 Å². The van der Waals surface area contributed by atoms with Gasteiger partial charge in [0.25, 0.3) is 5.56 Å². The van der Waals surface area contributed by atoms with Crippen LogP contribution in [0.5, 0.6) is 11.8 Å². The van der Waals surface area contributed by atoms with Gasteiger partial charge in [0.2, 0.25) is 0 Å². The van der Waals surface area contributed by atoms with E-state index in [0.717, 1.165) is 49.8 Å². The lowest BCUT2D eigenvalue weighted by Crippen LogP contribution is -2.38. The molecule has 2 aromatic heterocycles. The van der Waals surface area contributed by atoms with E-state index in [-0.39, 0.29) is 35.2 Å². The van der Waals surface area contributed by atoms with Crippen molar-refractivity contribution in [2.45, 2.75) is 62.3 Å². The standard InChI is InChI=1S/C28H33N3O5/c32-22-6-5-15-3-1-2-4-21(15)31(22)18-7-9-29(10-8-18)13-16-11-17(16)14-30-27(35)23-19-12-20(24(23)28(30)36)26(34)25(19)33/h1-6,16-20,25-26,33-36H,7-14H2. The van der Waals surface area contributed by atoms with Crippen LogP contribution in [0.25, 0.3) is 10.9 Å². The molecule has 1 saturated heterocycles. The van der Waals surface area contributed by atoms with Crippen LogP contribution in [0.2, 0.25) is 0 Å². The van der Waals surface area contributed by atoms with Crippen LogP contribution in [0, 0.1) is 11.8 Å². The average Bonchev–Trinajstić information content (AvgIpc) is 3.28. The molecule has 190 valence electrons. The van der Waals surface area contributed by atoms with E-state index in [1.807, 2.05) is 28.8 Å². The molecule has 0 amide bonds. The zero-order valence-corrected chi connectivity index (χ0v) is 20.2. The molecule has 1 aromatic carbocycles. The molecule has 8 heteroatoms. The molecule has 8 nitrogen and oxygen atoms in total. The van der Waals surface area contributed by atoms with Gasteiger partial charge >= 0.3 is 0 Å². The minimum Gasteiger partial charge on any atom is -0.494 e. The molecule has 7 rings (SSSR count). The van der Waals surface area contributed by atoms with E-state index in [9.17, 15) is 25.2 Å². The molecule has 2 bridgehead atoms. The van der Waals surface area contributed by atoms with Crippen molar-refractivity contribution >= 4 is 10.9 Å². The van der Waals surface area contributed by atoms with Crippen LogP contribution < -0.4 is 5.56 Å². The van der Waals surface area contributed by atoms with Crippen molar-refractivity contribution < 1.29 is 20.4 Å². The van der Waals surface area contributed by atoms with E-state index in [1.54, 1.807) is 10.6 Å². The number of likely N-dealkylation sites (tertiary alicyclic amines) is 1. The Balaban J connectivity index is 0.989. The third-order valence-corrected chi connectivity index (χ3v) is 9.45. The van der Waals surface area contributed by atoms with Crippen molar-refractivity contribution in [3.05, 3.63) is 57.9 Å². The number of rotatable bonds is 5. The summed E-state index contributed by atoms with van der Waals surface area (Å²) in [7, 11) is 0. The third kappa shape index (κ3) is 3.27. The van der Waals surface area contributed by atoms with Gasteiger partial charge in [0.05, 0.1) is 17.7 Å². The molecule has 4 N–H and O–H groups in total. The first kappa shape index (κ1) is 22.4. The van der Waals surface area contributed by atoms with E-state index < -0.39 is 12.2 Å². The van der Waals surface area contributed by atoms with Gasteiger partial charge in [-0.25, -0.2) is 0 Å². The Morgan fingerprint density at radius 1 is 0.806 bits per heavy atom. The zero-order valence-electron chi connectivity index (χ0n) is 20.2. The van der Waals surface area contributed by atoms with Gasteiger partial charge in [0, 0.05) is 61.2 Å². The highest BCUT2D eigenvalue weighted by Crippen LogP contribution is 2.60. The SMILES string of the molecule is O=c1ccc2ccccc2n1C1CCN(CC2CC2Cn2c(O)c3c(c2O)C2CC3C(O)C2O)CC1. The van der Waals surface area contributed by atoms with Gasteiger partial charge in [-0.3, -0.25) is 9.36 Å². The summed E-state index contributed by atoms with van der Waals surface area (Å²) in [6.07, 6.45) is 1.80. The Kier molecular flexibility index (Phi) is 5.04. The second kappa shape index (κ2) is 8.10. The molecule has 1 aliphatic heterocycles. The summed E-state index contributed by atoms with van der Waals surface area (Å²) in [5.41, 5.74) is 2.36. The summed E-state index contributed by atoms with van der Waals surface area (Å²) in [5.74, 6) is 0.447. The molecule has 3 aromatic rings. The molecule has 4 aliphatic rings. The molecule has 0 spiro atoms. The summed E-state index contributed by atoms with van der Waals surface area (Å²) in [6.45, 7) is 3.46. The van der Waals surface area contributed by atoms with E-state index in [0.29, 0.717) is 35.9 Å². The number of aliphatic hydroxyl groups is 2. The van der Waals surface area contributed by atoms with Gasteiger partial charge in [-0.1, -0.05) is 18.2 Å². The van der Waals surface area contributed by atoms with Crippen LogP contribution in [-0.2, 0) is 6.54 Å². The maximum Gasteiger partial charge on any atom is 0.251 e. The van der Waals surface area contributed by atoms with E-state index in [1.165, 1.54) is 0 Å². The Bertz CT molecular complexity index is 1350. The van der Waals surface area contributed by atoms with E-state index in [2.05, 4.69) is 11.0 Å². The second-order valence-corrected chi connectivity index (χ2v) is 11.4. The summed E-state index contributed by atoms with van der Waals surface area (Å²) >= 11 is 0. The molecule has 6 unspecified atom stereocenters. The number of para-hydroxylation sites is 1. The van der Waals surface area contributed by atoms with Gasteiger partial charge < -0.3 is 29.9 Å². The Morgan fingerprint density at radius 3 is 2.14 bits per heavy atom. The molecule has 3 fully saturated rings. The number of hydrogen-bond acceptors (Lipinski definition) is 6. The van der Waals surface area contributed by atoms with Crippen molar-refractivity contribution in [3.8, 4) is 11.8 Å². The van der Waals surface area contributed by atoms with E-state index >= 15 is 0 Å². The minimum atomic E-state index is -0.870. The number of pyridine rings is 1. The zero-order chi connectivity index (χ0) is 24.7. The largest absolute Gasteiger partial charge is 0.494 e. The predicted octanol–water partition coefficient (Wildman–Crippen LogP) is 2.49. The van der Waals surface area contributed by atoms with Gasteiger partial charge in [-0.15, -0.1) is 0 Å². The number of aromatic hydroxyl groups is 2. The monoisotopic (exact) mass is 491 g/mol. The normalized spacial score (nSPS) is 31.8. The first-order chi connectivity index (χ1) is 17.4. The molecular formula is C28H33N3O5. The van der Waals surface area contributed by atoms with Crippen molar-refractivity contribution in [2.24, 2.45) is 11.8 Å². The molecular weight excluding hydrogens is 458 g/mol. The first-order valence-electron chi connectivity index (χ1n) is 13.2. The number of benzene rings is 1. The highest BCUT2D eigenvalue weighted by Gasteiger charge is 2.54. The highest BCUT2D eigenvalue weighted by atomic mass is 16.3. The number of aliphatic hydroxyl groups excluding tert-OH is 2. The molecule has 36 heavy (non-hydrogen) atoms.